The standard InChI is InChI=1S/C18H25N3O4.ClH/c22-17(21-11-15-5-2-7-24-15)14-4-1-3-13(9-14)10-20-18(23)16-12-19-6-8-25-16;/h1,3-4,9,15-16,19H,2,5-8,10-12H2,(H,20,23)(H,21,22);1H. The summed E-state index contributed by atoms with van der Waals surface area (Å²) in [6, 6.07) is 7.27. The summed E-state index contributed by atoms with van der Waals surface area (Å²) in [5.74, 6) is -0.260. The molecular weight excluding hydrogens is 358 g/mol. The Hall–Kier alpha value is -1.67. The van der Waals surface area contributed by atoms with Crippen LogP contribution in [0.2, 0.25) is 0 Å². The first-order chi connectivity index (χ1) is 12.2. The van der Waals surface area contributed by atoms with Gasteiger partial charge in [0.2, 0.25) is 0 Å². The highest BCUT2D eigenvalue weighted by Crippen LogP contribution is 2.11. The molecule has 0 bridgehead atoms. The molecule has 26 heavy (non-hydrogen) atoms. The number of rotatable bonds is 6. The van der Waals surface area contributed by atoms with Crippen molar-refractivity contribution in [3.8, 4) is 0 Å². The fourth-order valence-electron chi connectivity index (χ4n) is 2.97. The van der Waals surface area contributed by atoms with E-state index in [1.54, 1.807) is 12.1 Å². The molecule has 2 aliphatic heterocycles. The molecule has 1 aromatic carbocycles. The van der Waals surface area contributed by atoms with Gasteiger partial charge in [0.1, 0.15) is 6.10 Å². The van der Waals surface area contributed by atoms with Gasteiger partial charge >= 0.3 is 0 Å². The predicted molar refractivity (Wildman–Crippen MR) is 99.5 cm³/mol. The summed E-state index contributed by atoms with van der Waals surface area (Å²) in [5, 5.41) is 8.89. The van der Waals surface area contributed by atoms with Crippen LogP contribution < -0.4 is 16.0 Å². The van der Waals surface area contributed by atoms with E-state index in [9.17, 15) is 9.59 Å². The van der Waals surface area contributed by atoms with Gasteiger partial charge in [-0.2, -0.15) is 0 Å². The average molecular weight is 384 g/mol. The van der Waals surface area contributed by atoms with Gasteiger partial charge in [-0.1, -0.05) is 12.1 Å². The van der Waals surface area contributed by atoms with E-state index in [-0.39, 0.29) is 30.3 Å². The fourth-order valence-corrected chi connectivity index (χ4v) is 2.97. The molecule has 3 rings (SSSR count). The third kappa shape index (κ3) is 5.95. The van der Waals surface area contributed by atoms with Gasteiger partial charge in [0.15, 0.2) is 0 Å². The maximum Gasteiger partial charge on any atom is 0.251 e. The minimum absolute atomic E-state index is 0. The lowest BCUT2D eigenvalue weighted by molar-refractivity contribution is -0.134. The Bertz CT molecular complexity index is 602. The molecular formula is C18H26ClN3O4. The Balaban J connectivity index is 0.00000243. The highest BCUT2D eigenvalue weighted by atomic mass is 35.5. The summed E-state index contributed by atoms with van der Waals surface area (Å²) in [5.41, 5.74) is 1.46. The lowest BCUT2D eigenvalue weighted by Gasteiger charge is -2.22. The second-order valence-corrected chi connectivity index (χ2v) is 6.33. The van der Waals surface area contributed by atoms with Crippen molar-refractivity contribution in [2.45, 2.75) is 31.6 Å². The molecule has 2 heterocycles. The van der Waals surface area contributed by atoms with Gasteiger partial charge in [-0.15, -0.1) is 12.4 Å². The number of hydrogen-bond donors (Lipinski definition) is 3. The van der Waals surface area contributed by atoms with Crippen LogP contribution in [0.4, 0.5) is 0 Å². The molecule has 2 aliphatic rings. The van der Waals surface area contributed by atoms with Crippen LogP contribution in [0.15, 0.2) is 24.3 Å². The molecule has 3 N–H and O–H groups in total. The number of nitrogens with one attached hydrogen (secondary N) is 3. The van der Waals surface area contributed by atoms with Crippen LogP contribution in [0.5, 0.6) is 0 Å². The first-order valence-electron chi connectivity index (χ1n) is 8.81. The highest BCUT2D eigenvalue weighted by molar-refractivity contribution is 5.94. The summed E-state index contributed by atoms with van der Waals surface area (Å²) in [7, 11) is 0. The zero-order chi connectivity index (χ0) is 17.5. The van der Waals surface area contributed by atoms with Crippen LogP contribution in [0.1, 0.15) is 28.8 Å². The Morgan fingerprint density at radius 2 is 2.08 bits per heavy atom. The minimum Gasteiger partial charge on any atom is -0.376 e. The van der Waals surface area contributed by atoms with E-state index in [0.29, 0.717) is 31.8 Å². The molecule has 144 valence electrons. The van der Waals surface area contributed by atoms with Crippen LogP contribution >= 0.6 is 12.4 Å². The second-order valence-electron chi connectivity index (χ2n) is 6.33. The van der Waals surface area contributed by atoms with Crippen molar-refractivity contribution >= 4 is 24.2 Å². The molecule has 8 heteroatoms. The largest absolute Gasteiger partial charge is 0.376 e. The number of halogens is 1. The smallest absolute Gasteiger partial charge is 0.251 e. The predicted octanol–water partition coefficient (Wildman–Crippen LogP) is 0.622. The molecule has 2 amide bonds. The quantitative estimate of drug-likeness (QED) is 0.670. The highest BCUT2D eigenvalue weighted by Gasteiger charge is 2.21. The third-order valence-corrected chi connectivity index (χ3v) is 4.39. The number of hydrogen-bond acceptors (Lipinski definition) is 5. The van der Waals surface area contributed by atoms with Crippen molar-refractivity contribution in [1.29, 1.82) is 0 Å². The molecule has 0 aromatic heterocycles. The number of benzene rings is 1. The summed E-state index contributed by atoms with van der Waals surface area (Å²) in [6.45, 7) is 3.51. The molecule has 0 saturated carbocycles. The molecule has 7 nitrogen and oxygen atoms in total. The molecule has 2 saturated heterocycles. The number of ether oxygens (including phenoxy) is 2. The SMILES string of the molecule is Cl.O=C(NCC1CCCO1)c1cccc(CNC(=O)C2CNCCO2)c1. The van der Waals surface area contributed by atoms with Crippen molar-refractivity contribution in [2.24, 2.45) is 0 Å². The van der Waals surface area contributed by atoms with Gasteiger partial charge in [-0.25, -0.2) is 0 Å². The maximum atomic E-state index is 12.3. The lowest BCUT2D eigenvalue weighted by Crippen LogP contribution is -2.47. The van der Waals surface area contributed by atoms with Gasteiger partial charge in [-0.3, -0.25) is 9.59 Å². The van der Waals surface area contributed by atoms with E-state index in [4.69, 9.17) is 9.47 Å². The van der Waals surface area contributed by atoms with Crippen molar-refractivity contribution in [3.05, 3.63) is 35.4 Å². The molecule has 0 spiro atoms. The lowest BCUT2D eigenvalue weighted by atomic mass is 10.1. The topological polar surface area (TPSA) is 88.7 Å². The summed E-state index contributed by atoms with van der Waals surface area (Å²) in [6.07, 6.45) is 1.71. The Labute approximate surface area is 159 Å². The van der Waals surface area contributed by atoms with Crippen LogP contribution in [0.3, 0.4) is 0 Å². The van der Waals surface area contributed by atoms with Gasteiger partial charge in [0.05, 0.1) is 12.7 Å². The molecule has 0 radical (unpaired) electrons. The average Bonchev–Trinajstić information content (AvgIpc) is 3.19. The monoisotopic (exact) mass is 383 g/mol. The number of carbonyl (C=O) groups is 2. The maximum absolute atomic E-state index is 12.3. The van der Waals surface area contributed by atoms with E-state index in [1.165, 1.54) is 0 Å². The fraction of sp³-hybridized carbons (Fsp3) is 0.556. The third-order valence-electron chi connectivity index (χ3n) is 4.39. The molecule has 2 atom stereocenters. The van der Waals surface area contributed by atoms with E-state index in [2.05, 4.69) is 16.0 Å². The molecule has 1 aromatic rings. The van der Waals surface area contributed by atoms with Crippen molar-refractivity contribution in [2.75, 3.05) is 32.8 Å². The van der Waals surface area contributed by atoms with Gasteiger partial charge in [0, 0.05) is 38.3 Å². The van der Waals surface area contributed by atoms with E-state index in [0.717, 1.165) is 31.6 Å². The normalized spacial score (nSPS) is 22.3. The minimum atomic E-state index is -0.452. The van der Waals surface area contributed by atoms with Gasteiger partial charge in [0.25, 0.3) is 11.8 Å². The van der Waals surface area contributed by atoms with Gasteiger partial charge in [-0.05, 0) is 30.5 Å². The number of carbonyl (C=O) groups excluding carboxylic acids is 2. The molecule has 2 unspecified atom stereocenters. The van der Waals surface area contributed by atoms with Crippen LogP contribution in [0.25, 0.3) is 0 Å². The van der Waals surface area contributed by atoms with E-state index < -0.39 is 6.10 Å². The summed E-state index contributed by atoms with van der Waals surface area (Å²) >= 11 is 0. The van der Waals surface area contributed by atoms with Crippen LogP contribution in [0, 0.1) is 0 Å². The van der Waals surface area contributed by atoms with Gasteiger partial charge < -0.3 is 25.4 Å². The number of morpholine rings is 1. The molecule has 2 fully saturated rings. The van der Waals surface area contributed by atoms with Crippen molar-refractivity contribution < 1.29 is 19.1 Å². The van der Waals surface area contributed by atoms with Crippen LogP contribution in [-0.4, -0.2) is 56.9 Å². The Morgan fingerprint density at radius 1 is 1.19 bits per heavy atom. The zero-order valence-electron chi connectivity index (χ0n) is 14.7. The summed E-state index contributed by atoms with van der Waals surface area (Å²) in [4.78, 5) is 24.3. The van der Waals surface area contributed by atoms with E-state index in [1.807, 2.05) is 12.1 Å². The summed E-state index contributed by atoms with van der Waals surface area (Å²) < 4.78 is 10.9. The Kier molecular flexibility index (Phi) is 8.31. The zero-order valence-corrected chi connectivity index (χ0v) is 15.5. The Morgan fingerprint density at radius 3 is 2.81 bits per heavy atom. The van der Waals surface area contributed by atoms with Crippen molar-refractivity contribution in [3.63, 3.8) is 0 Å². The van der Waals surface area contributed by atoms with Crippen molar-refractivity contribution in [1.82, 2.24) is 16.0 Å². The number of amides is 2. The molecule has 0 aliphatic carbocycles. The van der Waals surface area contributed by atoms with E-state index >= 15 is 0 Å². The first-order valence-corrected chi connectivity index (χ1v) is 8.81. The second kappa shape index (κ2) is 10.5. The first kappa shape index (κ1) is 20.6. The van der Waals surface area contributed by atoms with Crippen LogP contribution in [-0.2, 0) is 20.8 Å².